The van der Waals surface area contributed by atoms with Gasteiger partial charge in [-0.1, -0.05) is 30.3 Å². The number of amides is 2. The van der Waals surface area contributed by atoms with E-state index in [0.29, 0.717) is 32.2 Å². The number of aldehydes is 1. The Balaban J connectivity index is 2.37. The Hall–Kier alpha value is -2.98. The lowest BCUT2D eigenvalue weighted by Gasteiger charge is -2.21. The summed E-state index contributed by atoms with van der Waals surface area (Å²) in [4.78, 5) is 39.6. The molecule has 2 amide bonds. The molecule has 3 atom stereocenters. The predicted molar refractivity (Wildman–Crippen MR) is 119 cm³/mol. The monoisotopic (exact) mass is 434 g/mol. The number of aliphatic hydroxyl groups is 1. The van der Waals surface area contributed by atoms with E-state index in [1.54, 1.807) is 0 Å². The SMILES string of the molecule is C[C@H](NC(=O)[C@@H](CO)NCCCc1ccccc1)C(=O)N[C@H](C=O)CCCN=C(N)N. The van der Waals surface area contributed by atoms with Crippen molar-refractivity contribution in [1.82, 2.24) is 16.0 Å². The number of hydrogen-bond acceptors (Lipinski definition) is 6. The number of benzene rings is 1. The largest absolute Gasteiger partial charge is 0.394 e. The maximum absolute atomic E-state index is 12.4. The Morgan fingerprint density at radius 3 is 2.45 bits per heavy atom. The number of carbonyl (C=O) groups is 3. The van der Waals surface area contributed by atoms with Crippen LogP contribution in [0.2, 0.25) is 0 Å². The summed E-state index contributed by atoms with van der Waals surface area (Å²) < 4.78 is 0. The molecule has 0 radical (unpaired) electrons. The van der Waals surface area contributed by atoms with Crippen molar-refractivity contribution in [2.75, 3.05) is 19.7 Å². The van der Waals surface area contributed by atoms with Crippen molar-refractivity contribution in [3.05, 3.63) is 35.9 Å². The predicted octanol–water partition coefficient (Wildman–Crippen LogP) is -1.19. The topological polar surface area (TPSA) is 172 Å². The average molecular weight is 435 g/mol. The number of aryl methyl sites for hydroxylation is 1. The lowest BCUT2D eigenvalue weighted by Crippen LogP contribution is -2.54. The first kappa shape index (κ1) is 26.1. The van der Waals surface area contributed by atoms with E-state index < -0.39 is 36.5 Å². The summed E-state index contributed by atoms with van der Waals surface area (Å²) in [6.45, 7) is 2.01. The number of aliphatic hydroxyl groups excluding tert-OH is 1. The van der Waals surface area contributed by atoms with Crippen molar-refractivity contribution >= 4 is 24.1 Å². The summed E-state index contributed by atoms with van der Waals surface area (Å²) in [5.41, 5.74) is 11.7. The molecule has 8 N–H and O–H groups in total. The van der Waals surface area contributed by atoms with Gasteiger partial charge in [0.25, 0.3) is 0 Å². The van der Waals surface area contributed by atoms with E-state index in [-0.39, 0.29) is 5.96 Å². The molecular formula is C21H34N6O4. The van der Waals surface area contributed by atoms with Gasteiger partial charge in [-0.15, -0.1) is 0 Å². The Morgan fingerprint density at radius 2 is 1.84 bits per heavy atom. The molecule has 10 heteroatoms. The van der Waals surface area contributed by atoms with Gasteiger partial charge in [0.15, 0.2) is 5.96 Å². The molecule has 1 aromatic rings. The average Bonchev–Trinajstić information content (AvgIpc) is 2.76. The molecule has 0 saturated carbocycles. The van der Waals surface area contributed by atoms with E-state index in [1.165, 1.54) is 12.5 Å². The second kappa shape index (κ2) is 14.9. The maximum atomic E-state index is 12.4. The van der Waals surface area contributed by atoms with E-state index in [2.05, 4.69) is 20.9 Å². The van der Waals surface area contributed by atoms with Crippen LogP contribution in [0.3, 0.4) is 0 Å². The Morgan fingerprint density at radius 1 is 1.13 bits per heavy atom. The molecule has 0 aromatic heterocycles. The molecule has 1 rings (SSSR count). The maximum Gasteiger partial charge on any atom is 0.242 e. The molecule has 172 valence electrons. The highest BCUT2D eigenvalue weighted by molar-refractivity contribution is 5.90. The Kier molecular flexibility index (Phi) is 12.5. The second-order valence-electron chi connectivity index (χ2n) is 7.21. The molecule has 0 unspecified atom stereocenters. The van der Waals surface area contributed by atoms with Crippen molar-refractivity contribution in [2.45, 2.75) is 50.7 Å². The van der Waals surface area contributed by atoms with Crippen LogP contribution in [0.15, 0.2) is 35.3 Å². The Bertz CT molecular complexity index is 709. The summed E-state index contributed by atoms with van der Waals surface area (Å²) in [5, 5.41) is 17.6. The normalized spacial score (nSPS) is 13.5. The second-order valence-corrected chi connectivity index (χ2v) is 7.21. The number of nitrogens with two attached hydrogens (primary N) is 2. The van der Waals surface area contributed by atoms with E-state index in [1.807, 2.05) is 30.3 Å². The van der Waals surface area contributed by atoms with E-state index in [0.717, 1.165) is 12.8 Å². The fraction of sp³-hybridized carbons (Fsp3) is 0.524. The summed E-state index contributed by atoms with van der Waals surface area (Å²) in [6.07, 6.45) is 3.16. The number of aliphatic imine (C=N–C) groups is 1. The molecule has 0 aliphatic rings. The van der Waals surface area contributed by atoms with Crippen LogP contribution >= 0.6 is 0 Å². The smallest absolute Gasteiger partial charge is 0.242 e. The van der Waals surface area contributed by atoms with Gasteiger partial charge in [-0.25, -0.2) is 0 Å². The fourth-order valence-corrected chi connectivity index (χ4v) is 2.83. The van der Waals surface area contributed by atoms with Gasteiger partial charge in [0.1, 0.15) is 18.4 Å². The highest BCUT2D eigenvalue weighted by Crippen LogP contribution is 2.02. The first-order valence-electron chi connectivity index (χ1n) is 10.4. The number of guanidine groups is 1. The van der Waals surface area contributed by atoms with Gasteiger partial charge in [-0.3, -0.25) is 14.6 Å². The van der Waals surface area contributed by atoms with Gasteiger partial charge in [0, 0.05) is 6.54 Å². The molecule has 0 aliphatic heterocycles. The minimum atomic E-state index is -0.868. The standard InChI is InChI=1S/C21H34N6O4/c1-15(19(30)27-17(13-28)10-6-12-25-21(22)23)26-20(31)18(14-29)24-11-5-9-16-7-3-2-4-8-16/h2-4,7-8,13,15,17-18,24,29H,5-6,9-12,14H2,1H3,(H,26,31)(H,27,30)(H4,22,23,25)/t15-,17-,18+/m0/s1. The van der Waals surface area contributed by atoms with Crippen LogP contribution in [0, 0.1) is 0 Å². The third-order valence-electron chi connectivity index (χ3n) is 4.59. The van der Waals surface area contributed by atoms with E-state index in [4.69, 9.17) is 11.5 Å². The summed E-state index contributed by atoms with van der Waals surface area (Å²) in [6, 6.07) is 7.56. The minimum absolute atomic E-state index is 0.0323. The molecule has 0 saturated heterocycles. The molecular weight excluding hydrogens is 400 g/mol. The van der Waals surface area contributed by atoms with Crippen LogP contribution in [-0.2, 0) is 20.8 Å². The number of nitrogens with zero attached hydrogens (tertiary/aromatic N) is 1. The molecule has 0 aliphatic carbocycles. The van der Waals surface area contributed by atoms with Crippen LogP contribution in [-0.4, -0.2) is 67.0 Å². The molecule has 0 heterocycles. The van der Waals surface area contributed by atoms with Crippen LogP contribution in [0.4, 0.5) is 0 Å². The molecule has 31 heavy (non-hydrogen) atoms. The lowest BCUT2D eigenvalue weighted by molar-refractivity contribution is -0.131. The first-order valence-corrected chi connectivity index (χ1v) is 10.4. The first-order chi connectivity index (χ1) is 14.9. The van der Waals surface area contributed by atoms with Gasteiger partial charge in [-0.05, 0) is 44.7 Å². The molecule has 0 fully saturated rings. The lowest BCUT2D eigenvalue weighted by atomic mass is 10.1. The van der Waals surface area contributed by atoms with Crippen LogP contribution in [0.5, 0.6) is 0 Å². The number of nitrogens with one attached hydrogen (secondary N) is 3. The van der Waals surface area contributed by atoms with Crippen molar-refractivity contribution in [1.29, 1.82) is 0 Å². The summed E-state index contributed by atoms with van der Waals surface area (Å²) in [7, 11) is 0. The number of hydrogen-bond donors (Lipinski definition) is 6. The van der Waals surface area contributed by atoms with Gasteiger partial charge >= 0.3 is 0 Å². The van der Waals surface area contributed by atoms with E-state index >= 15 is 0 Å². The molecule has 0 bridgehead atoms. The van der Waals surface area contributed by atoms with Crippen LogP contribution in [0.1, 0.15) is 31.7 Å². The minimum Gasteiger partial charge on any atom is -0.394 e. The molecule has 0 spiro atoms. The fourth-order valence-electron chi connectivity index (χ4n) is 2.83. The third-order valence-corrected chi connectivity index (χ3v) is 4.59. The molecule has 1 aromatic carbocycles. The van der Waals surface area contributed by atoms with Crippen LogP contribution < -0.4 is 27.4 Å². The number of rotatable bonds is 15. The van der Waals surface area contributed by atoms with Crippen molar-refractivity contribution in [3.8, 4) is 0 Å². The van der Waals surface area contributed by atoms with Crippen molar-refractivity contribution in [2.24, 2.45) is 16.5 Å². The van der Waals surface area contributed by atoms with Gasteiger partial charge in [0.2, 0.25) is 11.8 Å². The number of carbonyl (C=O) groups excluding carboxylic acids is 3. The van der Waals surface area contributed by atoms with Crippen molar-refractivity contribution < 1.29 is 19.5 Å². The summed E-state index contributed by atoms with van der Waals surface area (Å²) in [5.74, 6) is -1.01. The van der Waals surface area contributed by atoms with Gasteiger partial charge in [0.05, 0.1) is 12.6 Å². The highest BCUT2D eigenvalue weighted by Gasteiger charge is 2.23. The summed E-state index contributed by atoms with van der Waals surface area (Å²) >= 11 is 0. The third kappa shape index (κ3) is 11.1. The zero-order valence-corrected chi connectivity index (χ0v) is 17.9. The zero-order valence-electron chi connectivity index (χ0n) is 17.9. The van der Waals surface area contributed by atoms with Crippen molar-refractivity contribution in [3.63, 3.8) is 0 Å². The van der Waals surface area contributed by atoms with E-state index in [9.17, 15) is 19.5 Å². The Labute approximate surface area is 182 Å². The quantitative estimate of drug-likeness (QED) is 0.0871. The highest BCUT2D eigenvalue weighted by atomic mass is 16.3. The zero-order chi connectivity index (χ0) is 23.1. The molecule has 10 nitrogen and oxygen atoms in total. The van der Waals surface area contributed by atoms with Gasteiger partial charge < -0.3 is 37.3 Å². The van der Waals surface area contributed by atoms with Crippen LogP contribution in [0.25, 0.3) is 0 Å². The van der Waals surface area contributed by atoms with Gasteiger partial charge in [-0.2, -0.15) is 0 Å².